The number of benzene rings is 2. The van der Waals surface area contributed by atoms with Gasteiger partial charge in [-0.05, 0) is 35.9 Å². The number of halogens is 1. The zero-order valence-electron chi connectivity index (χ0n) is 11.3. The monoisotopic (exact) mass is 285 g/mol. The van der Waals surface area contributed by atoms with Gasteiger partial charge >= 0.3 is 0 Å². The Balaban J connectivity index is 2.21. The summed E-state index contributed by atoms with van der Waals surface area (Å²) < 4.78 is 23.9. The Kier molecular flexibility index (Phi) is 4.52. The van der Waals surface area contributed by atoms with Gasteiger partial charge in [-0.2, -0.15) is 5.26 Å². The molecule has 0 unspecified atom stereocenters. The maximum Gasteiger partial charge on any atom is 0.153 e. The Morgan fingerprint density at radius 3 is 2.76 bits per heavy atom. The third kappa shape index (κ3) is 3.57. The second-order valence-corrected chi connectivity index (χ2v) is 4.27. The lowest BCUT2D eigenvalue weighted by atomic mass is 10.1. The highest BCUT2D eigenvalue weighted by Crippen LogP contribution is 2.24. The van der Waals surface area contributed by atoms with Crippen molar-refractivity contribution < 1.29 is 18.7 Å². The summed E-state index contributed by atoms with van der Waals surface area (Å²) in [5.74, 6) is 0.383. The van der Waals surface area contributed by atoms with E-state index >= 15 is 0 Å². The van der Waals surface area contributed by atoms with Crippen molar-refractivity contribution in [3.05, 3.63) is 58.9 Å². The standard InChI is InChI=1S/C16H12FNO3/c1-20-15-3-2-13(9-19)16(7-15)21-10-12-4-11(8-18)5-14(17)6-12/h2-7,9H,10H2,1H3. The summed E-state index contributed by atoms with van der Waals surface area (Å²) in [6, 6.07) is 10.6. The Hall–Kier alpha value is -2.87. The van der Waals surface area contributed by atoms with E-state index in [4.69, 9.17) is 14.7 Å². The molecule has 0 aliphatic carbocycles. The van der Waals surface area contributed by atoms with E-state index in [1.165, 1.54) is 19.2 Å². The maximum atomic E-state index is 13.3. The molecule has 2 rings (SSSR count). The zero-order chi connectivity index (χ0) is 15.2. The summed E-state index contributed by atoms with van der Waals surface area (Å²) in [7, 11) is 1.51. The van der Waals surface area contributed by atoms with Crippen LogP contribution in [-0.2, 0) is 6.61 Å². The van der Waals surface area contributed by atoms with Gasteiger partial charge in [-0.1, -0.05) is 0 Å². The van der Waals surface area contributed by atoms with E-state index in [1.54, 1.807) is 18.2 Å². The molecule has 2 aromatic carbocycles. The van der Waals surface area contributed by atoms with E-state index in [9.17, 15) is 9.18 Å². The molecule has 106 valence electrons. The molecule has 0 radical (unpaired) electrons. The fraction of sp³-hybridized carbons (Fsp3) is 0.125. The van der Waals surface area contributed by atoms with Crippen LogP contribution in [-0.4, -0.2) is 13.4 Å². The number of rotatable bonds is 5. The van der Waals surface area contributed by atoms with Gasteiger partial charge in [-0.3, -0.25) is 4.79 Å². The quantitative estimate of drug-likeness (QED) is 0.792. The first-order valence-corrected chi connectivity index (χ1v) is 6.12. The minimum Gasteiger partial charge on any atom is -0.497 e. The van der Waals surface area contributed by atoms with Gasteiger partial charge in [0.1, 0.15) is 23.9 Å². The van der Waals surface area contributed by atoms with E-state index in [1.807, 2.05) is 6.07 Å². The van der Waals surface area contributed by atoms with Crippen molar-refractivity contribution in [3.8, 4) is 17.6 Å². The Labute approximate surface area is 121 Å². The summed E-state index contributed by atoms with van der Waals surface area (Å²) in [5.41, 5.74) is 1.09. The first-order chi connectivity index (χ1) is 10.2. The number of hydrogen-bond donors (Lipinski definition) is 0. The molecule has 0 saturated heterocycles. The second kappa shape index (κ2) is 6.53. The summed E-state index contributed by atoms with van der Waals surface area (Å²) in [6.45, 7) is 0.0421. The number of aldehydes is 1. The van der Waals surface area contributed by atoms with E-state index in [0.717, 1.165) is 6.07 Å². The number of ether oxygens (including phenoxy) is 2. The number of hydrogen-bond acceptors (Lipinski definition) is 4. The molecular formula is C16H12FNO3. The van der Waals surface area contributed by atoms with Gasteiger partial charge < -0.3 is 9.47 Å². The van der Waals surface area contributed by atoms with Crippen LogP contribution in [0.15, 0.2) is 36.4 Å². The molecule has 0 spiro atoms. The molecule has 4 nitrogen and oxygen atoms in total. The van der Waals surface area contributed by atoms with Gasteiger partial charge in [0.25, 0.3) is 0 Å². The van der Waals surface area contributed by atoms with Crippen molar-refractivity contribution in [2.45, 2.75) is 6.61 Å². The van der Waals surface area contributed by atoms with Crippen molar-refractivity contribution in [1.82, 2.24) is 0 Å². The molecule has 0 saturated carbocycles. The smallest absolute Gasteiger partial charge is 0.153 e. The van der Waals surface area contributed by atoms with Crippen LogP contribution in [0.4, 0.5) is 4.39 Å². The first kappa shape index (κ1) is 14.5. The van der Waals surface area contributed by atoms with Crippen LogP contribution >= 0.6 is 0 Å². The van der Waals surface area contributed by atoms with Crippen LogP contribution < -0.4 is 9.47 Å². The highest BCUT2D eigenvalue weighted by atomic mass is 19.1. The molecule has 21 heavy (non-hydrogen) atoms. The molecular weight excluding hydrogens is 273 g/mol. The van der Waals surface area contributed by atoms with Crippen molar-refractivity contribution in [2.24, 2.45) is 0 Å². The maximum absolute atomic E-state index is 13.3. The molecule has 0 heterocycles. The predicted molar refractivity (Wildman–Crippen MR) is 73.8 cm³/mol. The van der Waals surface area contributed by atoms with Gasteiger partial charge in [-0.15, -0.1) is 0 Å². The molecule has 5 heteroatoms. The van der Waals surface area contributed by atoms with Crippen LogP contribution in [0.3, 0.4) is 0 Å². The first-order valence-electron chi connectivity index (χ1n) is 6.12. The number of methoxy groups -OCH3 is 1. The topological polar surface area (TPSA) is 59.3 Å². The molecule has 0 atom stereocenters. The minimum atomic E-state index is -0.506. The average Bonchev–Trinajstić information content (AvgIpc) is 2.51. The summed E-state index contributed by atoms with van der Waals surface area (Å²) in [5, 5.41) is 8.80. The molecule has 0 N–H and O–H groups in total. The summed E-state index contributed by atoms with van der Waals surface area (Å²) in [6.07, 6.45) is 0.668. The Morgan fingerprint density at radius 2 is 2.10 bits per heavy atom. The molecule has 2 aromatic rings. The minimum absolute atomic E-state index is 0.0421. The highest BCUT2D eigenvalue weighted by molar-refractivity contribution is 5.79. The van der Waals surface area contributed by atoms with Crippen LogP contribution in [0.2, 0.25) is 0 Å². The largest absolute Gasteiger partial charge is 0.497 e. The van der Waals surface area contributed by atoms with Crippen molar-refractivity contribution in [1.29, 1.82) is 5.26 Å². The lowest BCUT2D eigenvalue weighted by Gasteiger charge is -2.10. The van der Waals surface area contributed by atoms with Gasteiger partial charge in [-0.25, -0.2) is 4.39 Å². The van der Waals surface area contributed by atoms with Gasteiger partial charge in [0.15, 0.2) is 6.29 Å². The van der Waals surface area contributed by atoms with E-state index in [0.29, 0.717) is 28.9 Å². The average molecular weight is 285 g/mol. The Morgan fingerprint density at radius 1 is 1.29 bits per heavy atom. The number of carbonyl (C=O) groups excluding carboxylic acids is 1. The fourth-order valence-corrected chi connectivity index (χ4v) is 1.82. The lowest BCUT2D eigenvalue weighted by molar-refractivity contribution is 0.111. The van der Waals surface area contributed by atoms with E-state index in [2.05, 4.69) is 0 Å². The van der Waals surface area contributed by atoms with Crippen LogP contribution in [0.5, 0.6) is 11.5 Å². The normalized spacial score (nSPS) is 9.76. The number of carbonyl (C=O) groups is 1. The van der Waals surface area contributed by atoms with Gasteiger partial charge in [0.05, 0.1) is 24.3 Å². The third-order valence-electron chi connectivity index (χ3n) is 2.83. The molecule has 0 bridgehead atoms. The molecule has 0 aliphatic rings. The van der Waals surface area contributed by atoms with E-state index < -0.39 is 5.82 Å². The van der Waals surface area contributed by atoms with Crippen LogP contribution in [0.1, 0.15) is 21.5 Å². The molecule has 0 fully saturated rings. The second-order valence-electron chi connectivity index (χ2n) is 4.27. The SMILES string of the molecule is COc1ccc(C=O)c(OCc2cc(F)cc(C#N)c2)c1. The molecule has 0 aliphatic heterocycles. The zero-order valence-corrected chi connectivity index (χ0v) is 11.3. The fourth-order valence-electron chi connectivity index (χ4n) is 1.82. The lowest BCUT2D eigenvalue weighted by Crippen LogP contribution is -2.00. The molecule has 0 amide bonds. The van der Waals surface area contributed by atoms with Crippen molar-refractivity contribution in [3.63, 3.8) is 0 Å². The summed E-state index contributed by atoms with van der Waals surface area (Å²) >= 11 is 0. The third-order valence-corrected chi connectivity index (χ3v) is 2.83. The van der Waals surface area contributed by atoms with Crippen molar-refractivity contribution in [2.75, 3.05) is 7.11 Å². The van der Waals surface area contributed by atoms with Crippen molar-refractivity contribution >= 4 is 6.29 Å². The van der Waals surface area contributed by atoms with Gasteiger partial charge in [0.2, 0.25) is 0 Å². The van der Waals surface area contributed by atoms with Gasteiger partial charge in [0, 0.05) is 6.07 Å². The van der Waals surface area contributed by atoms with E-state index in [-0.39, 0.29) is 12.2 Å². The highest BCUT2D eigenvalue weighted by Gasteiger charge is 2.07. The van der Waals surface area contributed by atoms with Crippen LogP contribution in [0, 0.1) is 17.1 Å². The summed E-state index contributed by atoms with van der Waals surface area (Å²) in [4.78, 5) is 11.0. The van der Waals surface area contributed by atoms with Crippen LogP contribution in [0.25, 0.3) is 0 Å². The Bertz CT molecular complexity index is 707. The number of nitrogens with zero attached hydrogens (tertiary/aromatic N) is 1. The number of nitriles is 1. The molecule has 0 aromatic heterocycles. The predicted octanol–water partition coefficient (Wildman–Crippen LogP) is 3.10.